The number of alkyl halides is 3. The van der Waals surface area contributed by atoms with Crippen LogP contribution in [0.2, 0.25) is 0 Å². The zero-order chi connectivity index (χ0) is 22.3. The van der Waals surface area contributed by atoms with E-state index in [0.29, 0.717) is 5.39 Å². The molecule has 1 aliphatic heterocycles. The smallest absolute Gasteiger partial charge is 0.321 e. The molecule has 164 valence electrons. The van der Waals surface area contributed by atoms with E-state index in [1.54, 1.807) is 17.0 Å². The standard InChI is InChI=1S/C21H19F4N3O3/c1-11(22)21(24,25)16-10-26-17(14-8-13-4-7-31-18(13)15(23)9-14)19(27-16)28-5-2-12(3-6-28)20(29)30/h4,7-12H,2-3,5-6H2,1H3,(H,29,30). The molecular weight excluding hydrogens is 418 g/mol. The van der Waals surface area contributed by atoms with Crippen LogP contribution in [-0.4, -0.2) is 40.3 Å². The highest BCUT2D eigenvalue weighted by atomic mass is 19.3. The van der Waals surface area contributed by atoms with Crippen LogP contribution >= 0.6 is 0 Å². The molecule has 2 aromatic heterocycles. The molecule has 31 heavy (non-hydrogen) atoms. The van der Waals surface area contributed by atoms with Gasteiger partial charge >= 0.3 is 11.9 Å². The minimum absolute atomic E-state index is 0.0314. The molecule has 0 spiro atoms. The average Bonchev–Trinajstić information content (AvgIpc) is 3.22. The van der Waals surface area contributed by atoms with Gasteiger partial charge in [0.2, 0.25) is 0 Å². The Morgan fingerprint density at radius 1 is 1.32 bits per heavy atom. The Hall–Kier alpha value is -3.17. The highest BCUT2D eigenvalue weighted by Gasteiger charge is 2.42. The molecule has 1 N–H and O–H groups in total. The van der Waals surface area contributed by atoms with Gasteiger partial charge in [0.15, 0.2) is 23.4 Å². The molecule has 1 aromatic carbocycles. The van der Waals surface area contributed by atoms with Crippen LogP contribution < -0.4 is 4.90 Å². The number of piperidine rings is 1. The van der Waals surface area contributed by atoms with E-state index >= 15 is 0 Å². The van der Waals surface area contributed by atoms with Gasteiger partial charge in [0.1, 0.15) is 11.4 Å². The summed E-state index contributed by atoms with van der Waals surface area (Å²) in [5.41, 5.74) is -0.360. The molecule has 0 radical (unpaired) electrons. The lowest BCUT2D eigenvalue weighted by Gasteiger charge is -2.32. The molecular formula is C21H19F4N3O3. The number of fused-ring (bicyclic) bond motifs is 1. The lowest BCUT2D eigenvalue weighted by molar-refractivity contribution is -0.142. The van der Waals surface area contributed by atoms with Crippen LogP contribution in [0.5, 0.6) is 0 Å². The van der Waals surface area contributed by atoms with E-state index in [2.05, 4.69) is 9.97 Å². The maximum Gasteiger partial charge on any atom is 0.321 e. The number of anilines is 1. The number of hydrogen-bond acceptors (Lipinski definition) is 5. The normalized spacial score (nSPS) is 16.6. The van der Waals surface area contributed by atoms with Gasteiger partial charge in [-0.05, 0) is 38.0 Å². The quantitative estimate of drug-likeness (QED) is 0.579. The third-order valence-corrected chi connectivity index (χ3v) is 5.52. The summed E-state index contributed by atoms with van der Waals surface area (Å²) in [5.74, 6) is -5.96. The zero-order valence-electron chi connectivity index (χ0n) is 16.5. The molecule has 1 saturated heterocycles. The number of furan rings is 1. The Morgan fingerprint density at radius 3 is 2.68 bits per heavy atom. The molecule has 1 fully saturated rings. The van der Waals surface area contributed by atoms with Crippen molar-refractivity contribution in [3.63, 3.8) is 0 Å². The first-order valence-corrected chi connectivity index (χ1v) is 9.72. The van der Waals surface area contributed by atoms with Crippen molar-refractivity contribution in [3.8, 4) is 11.3 Å². The number of rotatable bonds is 5. The van der Waals surface area contributed by atoms with Crippen molar-refractivity contribution in [2.24, 2.45) is 5.92 Å². The highest BCUT2D eigenvalue weighted by molar-refractivity contribution is 5.85. The maximum absolute atomic E-state index is 14.5. The number of carboxylic acid groups (broad SMARTS) is 1. The summed E-state index contributed by atoms with van der Waals surface area (Å²) in [6.07, 6.45) is 0.193. The summed E-state index contributed by atoms with van der Waals surface area (Å²) in [4.78, 5) is 21.0. The second-order valence-electron chi connectivity index (χ2n) is 7.56. The van der Waals surface area contributed by atoms with Crippen molar-refractivity contribution in [1.29, 1.82) is 0 Å². The number of aromatic nitrogens is 2. The highest BCUT2D eigenvalue weighted by Crippen LogP contribution is 2.38. The van der Waals surface area contributed by atoms with Crippen molar-refractivity contribution < 1.29 is 31.9 Å². The van der Waals surface area contributed by atoms with Gasteiger partial charge < -0.3 is 14.4 Å². The van der Waals surface area contributed by atoms with Gasteiger partial charge in [0.25, 0.3) is 0 Å². The fourth-order valence-corrected chi connectivity index (χ4v) is 3.68. The van der Waals surface area contributed by atoms with E-state index in [9.17, 15) is 27.5 Å². The number of aliphatic carboxylic acids is 1. The van der Waals surface area contributed by atoms with Crippen molar-refractivity contribution in [1.82, 2.24) is 9.97 Å². The number of carbonyl (C=O) groups is 1. The van der Waals surface area contributed by atoms with E-state index in [4.69, 9.17) is 4.42 Å². The topological polar surface area (TPSA) is 79.5 Å². The van der Waals surface area contributed by atoms with Crippen LogP contribution in [-0.2, 0) is 10.7 Å². The lowest BCUT2D eigenvalue weighted by atomic mass is 9.96. The molecule has 4 rings (SSSR count). The molecule has 0 saturated carbocycles. The second-order valence-corrected chi connectivity index (χ2v) is 7.56. The van der Waals surface area contributed by atoms with E-state index in [1.165, 1.54) is 12.3 Å². The van der Waals surface area contributed by atoms with Gasteiger partial charge in [0, 0.05) is 24.0 Å². The van der Waals surface area contributed by atoms with E-state index in [-0.39, 0.29) is 48.6 Å². The Morgan fingerprint density at radius 2 is 2.03 bits per heavy atom. The maximum atomic E-state index is 14.5. The van der Waals surface area contributed by atoms with Gasteiger partial charge in [-0.25, -0.2) is 13.8 Å². The molecule has 6 nitrogen and oxygen atoms in total. The Kier molecular flexibility index (Phi) is 5.32. The minimum atomic E-state index is -3.86. The monoisotopic (exact) mass is 437 g/mol. The molecule has 1 unspecified atom stereocenters. The largest absolute Gasteiger partial charge is 0.481 e. The number of benzene rings is 1. The van der Waals surface area contributed by atoms with Crippen molar-refractivity contribution in [2.75, 3.05) is 18.0 Å². The van der Waals surface area contributed by atoms with Crippen LogP contribution in [0.3, 0.4) is 0 Å². The van der Waals surface area contributed by atoms with Gasteiger partial charge in [-0.1, -0.05) is 0 Å². The molecule has 0 amide bonds. The SMILES string of the molecule is CC(F)C(F)(F)c1cnc(-c2cc(F)c3occc3c2)c(N2CCC(C(=O)O)CC2)n1. The number of hydrogen-bond donors (Lipinski definition) is 1. The Labute approximate surface area is 174 Å². The average molecular weight is 437 g/mol. The molecule has 1 atom stereocenters. The molecule has 0 aliphatic carbocycles. The molecule has 10 heteroatoms. The fraction of sp³-hybridized carbons (Fsp3) is 0.381. The predicted molar refractivity (Wildman–Crippen MR) is 104 cm³/mol. The van der Waals surface area contributed by atoms with E-state index in [0.717, 1.165) is 13.1 Å². The van der Waals surface area contributed by atoms with E-state index in [1.807, 2.05) is 0 Å². The van der Waals surface area contributed by atoms with Crippen LogP contribution in [0.25, 0.3) is 22.2 Å². The van der Waals surface area contributed by atoms with Crippen molar-refractivity contribution >= 4 is 22.8 Å². The van der Waals surface area contributed by atoms with Crippen LogP contribution in [0, 0.1) is 11.7 Å². The predicted octanol–water partition coefficient (Wildman–Crippen LogP) is 4.78. The van der Waals surface area contributed by atoms with Gasteiger partial charge in [-0.3, -0.25) is 9.78 Å². The summed E-state index contributed by atoms with van der Waals surface area (Å²) in [6.45, 7) is 1.19. The molecule has 0 bridgehead atoms. The number of halogens is 4. The van der Waals surface area contributed by atoms with Gasteiger partial charge in [-0.15, -0.1) is 0 Å². The van der Waals surface area contributed by atoms with Crippen molar-refractivity contribution in [3.05, 3.63) is 42.2 Å². The Balaban J connectivity index is 1.81. The second kappa shape index (κ2) is 7.82. The first-order valence-electron chi connectivity index (χ1n) is 9.72. The third kappa shape index (κ3) is 3.82. The number of carboxylic acids is 1. The van der Waals surface area contributed by atoms with Crippen LogP contribution in [0.15, 0.2) is 35.1 Å². The van der Waals surface area contributed by atoms with E-state index < -0.39 is 35.5 Å². The summed E-state index contributed by atoms with van der Waals surface area (Å²) < 4.78 is 61.7. The first kappa shape index (κ1) is 21.1. The minimum Gasteiger partial charge on any atom is -0.481 e. The molecule has 1 aliphatic rings. The van der Waals surface area contributed by atoms with Crippen LogP contribution in [0.4, 0.5) is 23.4 Å². The van der Waals surface area contributed by atoms with Crippen molar-refractivity contribution in [2.45, 2.75) is 31.9 Å². The van der Waals surface area contributed by atoms with Gasteiger partial charge in [0.05, 0.1) is 18.4 Å². The first-order chi connectivity index (χ1) is 14.7. The summed E-state index contributed by atoms with van der Waals surface area (Å²) in [5, 5.41) is 9.67. The zero-order valence-corrected chi connectivity index (χ0v) is 16.5. The number of nitrogens with zero attached hydrogens (tertiary/aromatic N) is 3. The summed E-state index contributed by atoms with van der Waals surface area (Å²) >= 11 is 0. The molecule has 3 aromatic rings. The molecule has 3 heterocycles. The summed E-state index contributed by atoms with van der Waals surface area (Å²) in [6, 6.07) is 4.31. The van der Waals surface area contributed by atoms with Crippen LogP contribution in [0.1, 0.15) is 25.5 Å². The Bertz CT molecular complexity index is 1120. The fourth-order valence-electron chi connectivity index (χ4n) is 3.68. The lowest BCUT2D eigenvalue weighted by Crippen LogP contribution is -2.38. The van der Waals surface area contributed by atoms with Gasteiger partial charge in [-0.2, -0.15) is 8.78 Å². The summed E-state index contributed by atoms with van der Waals surface area (Å²) in [7, 11) is 0. The third-order valence-electron chi connectivity index (χ3n) is 5.52.